The maximum absolute atomic E-state index is 13.3. The highest BCUT2D eigenvalue weighted by molar-refractivity contribution is 5.91. The van der Waals surface area contributed by atoms with E-state index in [0.29, 0.717) is 12.8 Å². The molecule has 1 fully saturated rings. The van der Waals surface area contributed by atoms with Crippen LogP contribution in [0.1, 0.15) is 88.7 Å². The average Bonchev–Trinajstić information content (AvgIpc) is 2.88. The summed E-state index contributed by atoms with van der Waals surface area (Å²) in [6.45, 7) is 3.83. The van der Waals surface area contributed by atoms with Crippen LogP contribution in [0.15, 0.2) is 24.3 Å². The second-order valence-electron chi connectivity index (χ2n) is 9.35. The van der Waals surface area contributed by atoms with Crippen LogP contribution in [0.2, 0.25) is 0 Å². The van der Waals surface area contributed by atoms with Gasteiger partial charge >= 0.3 is 5.97 Å². The number of hydrogen-bond donors (Lipinski definition) is 2. The van der Waals surface area contributed by atoms with E-state index in [0.717, 1.165) is 49.7 Å². The minimum atomic E-state index is -0.739. The lowest BCUT2D eigenvalue weighted by atomic mass is 9.93. The van der Waals surface area contributed by atoms with Crippen molar-refractivity contribution in [1.82, 2.24) is 10.6 Å². The van der Waals surface area contributed by atoms with E-state index in [1.54, 1.807) is 0 Å². The molecule has 2 N–H and O–H groups in total. The van der Waals surface area contributed by atoms with Crippen molar-refractivity contribution in [2.45, 2.75) is 103 Å². The molecule has 6 nitrogen and oxygen atoms in total. The van der Waals surface area contributed by atoms with Gasteiger partial charge in [0.05, 0.1) is 7.11 Å². The van der Waals surface area contributed by atoms with Gasteiger partial charge in [0.15, 0.2) is 0 Å². The zero-order chi connectivity index (χ0) is 24.1. The van der Waals surface area contributed by atoms with Crippen LogP contribution < -0.4 is 10.6 Å². The Hall–Kier alpha value is -2.37. The number of hydrogen-bond acceptors (Lipinski definition) is 4. The van der Waals surface area contributed by atoms with E-state index in [2.05, 4.69) is 10.6 Å². The normalized spacial score (nSPS) is 17.8. The molecule has 0 bridgehead atoms. The Morgan fingerprint density at radius 1 is 0.879 bits per heavy atom. The Kier molecular flexibility index (Phi) is 12.0. The predicted octanol–water partition coefficient (Wildman–Crippen LogP) is 4.62. The van der Waals surface area contributed by atoms with Gasteiger partial charge in [0.25, 0.3) is 0 Å². The van der Waals surface area contributed by atoms with Crippen LogP contribution in [0.4, 0.5) is 0 Å². The predicted molar refractivity (Wildman–Crippen MR) is 131 cm³/mol. The largest absolute Gasteiger partial charge is 0.467 e. The molecule has 33 heavy (non-hydrogen) atoms. The summed E-state index contributed by atoms with van der Waals surface area (Å²) < 4.78 is 4.81. The van der Waals surface area contributed by atoms with Gasteiger partial charge in [-0.2, -0.15) is 0 Å². The van der Waals surface area contributed by atoms with E-state index in [-0.39, 0.29) is 17.7 Å². The quantitative estimate of drug-likeness (QED) is 0.557. The fraction of sp³-hybridized carbons (Fsp3) is 0.667. The van der Waals surface area contributed by atoms with Crippen molar-refractivity contribution in [1.29, 1.82) is 0 Å². The molecule has 0 radical (unpaired) electrons. The van der Waals surface area contributed by atoms with E-state index in [9.17, 15) is 14.4 Å². The van der Waals surface area contributed by atoms with Gasteiger partial charge in [-0.25, -0.2) is 4.79 Å². The molecule has 1 aliphatic rings. The van der Waals surface area contributed by atoms with Crippen LogP contribution in [0.25, 0.3) is 0 Å². The first-order chi connectivity index (χ1) is 15.9. The Morgan fingerprint density at radius 2 is 1.42 bits per heavy atom. The highest BCUT2D eigenvalue weighted by atomic mass is 16.5. The molecule has 0 unspecified atom stereocenters. The molecular formula is C27H42N2O4. The number of benzene rings is 1. The molecule has 2 atom stereocenters. The fourth-order valence-corrected chi connectivity index (χ4v) is 4.45. The topological polar surface area (TPSA) is 84.5 Å². The Morgan fingerprint density at radius 3 is 1.94 bits per heavy atom. The van der Waals surface area contributed by atoms with Gasteiger partial charge in [0.2, 0.25) is 11.8 Å². The number of methoxy groups -OCH3 is 1. The number of carbonyl (C=O) groups is 3. The summed E-state index contributed by atoms with van der Waals surface area (Å²) in [7, 11) is 1.31. The van der Waals surface area contributed by atoms with E-state index >= 15 is 0 Å². The molecule has 0 aliphatic heterocycles. The molecule has 2 amide bonds. The standard InChI is InChI=1S/C27H42N2O4/c1-4-23(27(32)33-3)28-26(31)24(19-21-17-15-20(2)16-18-21)29-25(30)22-13-11-9-7-5-6-8-10-12-14-22/h15-18,22-24H,4-14,19H2,1-3H3,(H,28,31)(H,29,30)/t23-,24+/m0/s1. The van der Waals surface area contributed by atoms with Gasteiger partial charge < -0.3 is 15.4 Å². The fourth-order valence-electron chi connectivity index (χ4n) is 4.45. The number of ether oxygens (including phenoxy) is 1. The lowest BCUT2D eigenvalue weighted by molar-refractivity contribution is -0.145. The molecule has 0 aromatic heterocycles. The van der Waals surface area contributed by atoms with E-state index in [1.807, 2.05) is 38.1 Å². The zero-order valence-electron chi connectivity index (χ0n) is 20.7. The number of carbonyl (C=O) groups excluding carboxylic acids is 3. The molecule has 6 heteroatoms. The van der Waals surface area contributed by atoms with Gasteiger partial charge in [0, 0.05) is 12.3 Å². The third-order valence-electron chi connectivity index (χ3n) is 6.63. The van der Waals surface area contributed by atoms with Crippen LogP contribution in [0.3, 0.4) is 0 Å². The zero-order valence-corrected chi connectivity index (χ0v) is 20.7. The van der Waals surface area contributed by atoms with E-state index in [1.165, 1.54) is 32.8 Å². The van der Waals surface area contributed by atoms with Gasteiger partial charge in [-0.15, -0.1) is 0 Å². The maximum atomic E-state index is 13.3. The van der Waals surface area contributed by atoms with E-state index < -0.39 is 18.1 Å². The molecule has 184 valence electrons. The van der Waals surface area contributed by atoms with Crippen LogP contribution in [0, 0.1) is 12.8 Å². The molecule has 1 saturated carbocycles. The summed E-state index contributed by atoms with van der Waals surface area (Å²) in [5.74, 6) is -0.945. The van der Waals surface area contributed by atoms with E-state index in [4.69, 9.17) is 4.74 Å². The molecule has 1 aromatic carbocycles. The molecule has 2 rings (SSSR count). The second kappa shape index (κ2) is 14.7. The van der Waals surface area contributed by atoms with Crippen molar-refractivity contribution in [2.24, 2.45) is 5.92 Å². The first-order valence-electron chi connectivity index (χ1n) is 12.7. The third-order valence-corrected chi connectivity index (χ3v) is 6.63. The van der Waals surface area contributed by atoms with Crippen molar-refractivity contribution in [2.75, 3.05) is 7.11 Å². The molecule has 0 saturated heterocycles. The first-order valence-corrected chi connectivity index (χ1v) is 12.7. The average molecular weight is 459 g/mol. The van der Waals surface area contributed by atoms with Crippen molar-refractivity contribution >= 4 is 17.8 Å². The summed E-state index contributed by atoms with van der Waals surface area (Å²) in [6, 6.07) is 6.49. The van der Waals surface area contributed by atoms with Crippen LogP contribution in [-0.2, 0) is 25.5 Å². The van der Waals surface area contributed by atoms with Gasteiger partial charge in [-0.05, 0) is 31.7 Å². The second-order valence-corrected chi connectivity index (χ2v) is 9.35. The van der Waals surface area contributed by atoms with Crippen molar-refractivity contribution in [3.8, 4) is 0 Å². The highest BCUT2D eigenvalue weighted by Crippen LogP contribution is 2.22. The third kappa shape index (κ3) is 9.56. The molecule has 1 aromatic rings. The van der Waals surface area contributed by atoms with Crippen LogP contribution in [0.5, 0.6) is 0 Å². The highest BCUT2D eigenvalue weighted by Gasteiger charge is 2.28. The summed E-state index contributed by atoms with van der Waals surface area (Å²) >= 11 is 0. The smallest absolute Gasteiger partial charge is 0.328 e. The first kappa shape index (κ1) is 26.9. The summed E-state index contributed by atoms with van der Waals surface area (Å²) in [5, 5.41) is 5.81. The molecular weight excluding hydrogens is 416 g/mol. The molecule has 0 spiro atoms. The van der Waals surface area contributed by atoms with Crippen molar-refractivity contribution in [3.05, 3.63) is 35.4 Å². The Labute approximate surface area is 199 Å². The maximum Gasteiger partial charge on any atom is 0.328 e. The number of rotatable bonds is 8. The van der Waals surface area contributed by atoms with Gasteiger partial charge in [0.1, 0.15) is 12.1 Å². The molecule has 0 heterocycles. The van der Waals surface area contributed by atoms with Gasteiger partial charge in [-0.1, -0.05) is 88.1 Å². The number of esters is 1. The Bertz CT molecular complexity index is 735. The number of nitrogens with one attached hydrogen (secondary N) is 2. The van der Waals surface area contributed by atoms with Gasteiger partial charge in [-0.3, -0.25) is 9.59 Å². The number of amides is 2. The minimum Gasteiger partial charge on any atom is -0.467 e. The lowest BCUT2D eigenvalue weighted by Gasteiger charge is -2.24. The Balaban J connectivity index is 2.12. The SMILES string of the molecule is CC[C@H](NC(=O)[C@@H](Cc1ccc(C)cc1)NC(=O)C1CCCCCCCCCC1)C(=O)OC. The monoisotopic (exact) mass is 458 g/mol. The molecule has 1 aliphatic carbocycles. The van der Waals surface area contributed by atoms with Crippen LogP contribution >= 0.6 is 0 Å². The van der Waals surface area contributed by atoms with Crippen LogP contribution in [-0.4, -0.2) is 37.0 Å². The summed E-state index contributed by atoms with van der Waals surface area (Å²) in [5.41, 5.74) is 2.10. The van der Waals surface area contributed by atoms with Crippen molar-refractivity contribution < 1.29 is 19.1 Å². The minimum absolute atomic E-state index is 0.0485. The summed E-state index contributed by atoms with van der Waals surface area (Å²) in [6.07, 6.45) is 12.0. The van der Waals surface area contributed by atoms with Crippen molar-refractivity contribution in [3.63, 3.8) is 0 Å². The summed E-state index contributed by atoms with van der Waals surface area (Å²) in [4.78, 5) is 38.4. The number of aryl methyl sites for hydroxylation is 1. The lowest BCUT2D eigenvalue weighted by Crippen LogP contribution is -2.53.